The maximum atomic E-state index is 14.7. The van der Waals surface area contributed by atoms with E-state index in [4.69, 9.17) is 11.6 Å². The van der Waals surface area contributed by atoms with Crippen molar-refractivity contribution in [2.75, 3.05) is 31.1 Å². The normalized spacial score (nSPS) is 12.8. The molecule has 2 amide bonds. The summed E-state index contributed by atoms with van der Waals surface area (Å²) in [5.41, 5.74) is 1.75. The van der Waals surface area contributed by atoms with Crippen LogP contribution >= 0.6 is 23.4 Å². The van der Waals surface area contributed by atoms with E-state index in [0.29, 0.717) is 23.4 Å². The van der Waals surface area contributed by atoms with Crippen LogP contribution in [0.1, 0.15) is 46.5 Å². The van der Waals surface area contributed by atoms with Crippen molar-refractivity contribution in [3.05, 3.63) is 88.2 Å². The molecule has 1 aliphatic rings. The van der Waals surface area contributed by atoms with Crippen molar-refractivity contribution >= 4 is 40.9 Å². The van der Waals surface area contributed by atoms with Crippen molar-refractivity contribution in [1.82, 2.24) is 10.2 Å². The van der Waals surface area contributed by atoms with Gasteiger partial charge >= 0.3 is 0 Å². The highest BCUT2D eigenvalue weighted by atomic mass is 35.5. The number of carbonyl (C=O) groups excluding carboxylic acids is 2. The van der Waals surface area contributed by atoms with Gasteiger partial charge in [-0.2, -0.15) is 0 Å². The molecule has 3 aromatic rings. The van der Waals surface area contributed by atoms with Crippen LogP contribution in [0.25, 0.3) is 0 Å². The van der Waals surface area contributed by atoms with Gasteiger partial charge in [0.1, 0.15) is 5.82 Å². The van der Waals surface area contributed by atoms with E-state index in [1.54, 1.807) is 30.3 Å². The SMILES string of the molecule is CCN(CC)CCCNC(=O)c1ccc2c(c1)N(Cc1c(F)cccc1Cl)C(=O)c1ccccc1S2. The van der Waals surface area contributed by atoms with Gasteiger partial charge in [-0.1, -0.05) is 55.4 Å². The molecule has 1 aliphatic heterocycles. The lowest BCUT2D eigenvalue weighted by Gasteiger charge is -2.24. The van der Waals surface area contributed by atoms with Crippen LogP contribution in [0, 0.1) is 5.82 Å². The maximum absolute atomic E-state index is 14.7. The fraction of sp³-hybridized carbons (Fsp3) is 0.286. The summed E-state index contributed by atoms with van der Waals surface area (Å²) in [6.07, 6.45) is 0.847. The van der Waals surface area contributed by atoms with Gasteiger partial charge in [0, 0.05) is 32.5 Å². The van der Waals surface area contributed by atoms with E-state index in [9.17, 15) is 14.0 Å². The van der Waals surface area contributed by atoms with Crippen LogP contribution in [0.5, 0.6) is 0 Å². The van der Waals surface area contributed by atoms with Gasteiger partial charge in [-0.25, -0.2) is 4.39 Å². The Morgan fingerprint density at radius 2 is 1.83 bits per heavy atom. The largest absolute Gasteiger partial charge is 0.352 e. The molecular weight excluding hydrogens is 497 g/mol. The molecule has 36 heavy (non-hydrogen) atoms. The highest BCUT2D eigenvalue weighted by Crippen LogP contribution is 2.42. The zero-order valence-corrected chi connectivity index (χ0v) is 22.0. The van der Waals surface area contributed by atoms with Crippen molar-refractivity contribution in [1.29, 1.82) is 0 Å². The molecule has 3 aromatic carbocycles. The molecule has 0 saturated carbocycles. The summed E-state index contributed by atoms with van der Waals surface area (Å²) in [6, 6.07) is 17.1. The highest BCUT2D eigenvalue weighted by Gasteiger charge is 2.29. The molecule has 8 heteroatoms. The zero-order valence-electron chi connectivity index (χ0n) is 20.4. The molecule has 1 N–H and O–H groups in total. The molecule has 0 spiro atoms. The Morgan fingerprint density at radius 1 is 1.06 bits per heavy atom. The molecule has 0 bridgehead atoms. The van der Waals surface area contributed by atoms with Gasteiger partial charge in [-0.3, -0.25) is 9.59 Å². The Morgan fingerprint density at radius 3 is 2.58 bits per heavy atom. The van der Waals surface area contributed by atoms with Gasteiger partial charge in [0.05, 0.1) is 17.8 Å². The first-order valence-electron chi connectivity index (χ1n) is 12.1. The quantitative estimate of drug-likeness (QED) is 0.335. The number of anilines is 1. The number of halogens is 2. The number of benzene rings is 3. The summed E-state index contributed by atoms with van der Waals surface area (Å²) in [6.45, 7) is 7.61. The molecule has 0 fully saturated rings. The van der Waals surface area contributed by atoms with Crippen LogP contribution in [-0.4, -0.2) is 42.9 Å². The van der Waals surface area contributed by atoms with Gasteiger partial charge < -0.3 is 15.1 Å². The first-order chi connectivity index (χ1) is 17.4. The molecule has 0 aromatic heterocycles. The topological polar surface area (TPSA) is 52.7 Å². The molecule has 188 valence electrons. The van der Waals surface area contributed by atoms with E-state index in [2.05, 4.69) is 24.1 Å². The Labute approximate surface area is 220 Å². The summed E-state index contributed by atoms with van der Waals surface area (Å²) in [5.74, 6) is -0.961. The maximum Gasteiger partial charge on any atom is 0.259 e. The van der Waals surface area contributed by atoms with Crippen molar-refractivity contribution in [3.63, 3.8) is 0 Å². The minimum Gasteiger partial charge on any atom is -0.352 e. The van der Waals surface area contributed by atoms with E-state index in [1.807, 2.05) is 18.2 Å². The summed E-state index contributed by atoms with van der Waals surface area (Å²) in [7, 11) is 0. The number of hydrogen-bond acceptors (Lipinski definition) is 4. The predicted molar refractivity (Wildman–Crippen MR) is 144 cm³/mol. The third-order valence-electron chi connectivity index (χ3n) is 6.30. The fourth-order valence-corrected chi connectivity index (χ4v) is 5.49. The summed E-state index contributed by atoms with van der Waals surface area (Å²) >= 11 is 7.76. The molecule has 4 rings (SSSR count). The van der Waals surface area contributed by atoms with Crippen LogP contribution in [0.15, 0.2) is 70.5 Å². The Kier molecular flexibility index (Phi) is 8.67. The molecule has 0 atom stereocenters. The van der Waals surface area contributed by atoms with Gasteiger partial charge in [-0.05, 0) is 68.5 Å². The van der Waals surface area contributed by atoms with Gasteiger partial charge in [-0.15, -0.1) is 0 Å². The van der Waals surface area contributed by atoms with Crippen LogP contribution < -0.4 is 10.2 Å². The molecule has 0 unspecified atom stereocenters. The number of hydrogen-bond donors (Lipinski definition) is 1. The number of amides is 2. The average molecular weight is 526 g/mol. The molecule has 0 saturated heterocycles. The predicted octanol–water partition coefficient (Wildman–Crippen LogP) is 6.25. The highest BCUT2D eigenvalue weighted by molar-refractivity contribution is 7.99. The van der Waals surface area contributed by atoms with Crippen molar-refractivity contribution in [3.8, 4) is 0 Å². The number of fused-ring (bicyclic) bond motifs is 2. The monoisotopic (exact) mass is 525 g/mol. The lowest BCUT2D eigenvalue weighted by Crippen LogP contribution is -2.32. The second-order valence-corrected chi connectivity index (χ2v) is 10.00. The molecule has 0 aliphatic carbocycles. The standard InChI is InChI=1S/C28H29ClFN3O2S/c1-3-32(4-2)16-8-15-31-27(34)19-13-14-26-24(17-19)33(18-21-22(29)10-7-11-23(21)30)28(35)20-9-5-6-12-25(20)36-26/h5-7,9-14,17H,3-4,8,15-16,18H2,1-2H3,(H,31,34). The van der Waals surface area contributed by atoms with E-state index in [0.717, 1.165) is 35.8 Å². The zero-order chi connectivity index (χ0) is 25.7. The fourth-order valence-electron chi connectivity index (χ4n) is 4.21. The Balaban J connectivity index is 1.64. The average Bonchev–Trinajstić information content (AvgIpc) is 3.00. The van der Waals surface area contributed by atoms with Crippen molar-refractivity contribution in [2.45, 2.75) is 36.6 Å². The summed E-state index contributed by atoms with van der Waals surface area (Å²) < 4.78 is 14.7. The summed E-state index contributed by atoms with van der Waals surface area (Å²) in [5, 5.41) is 3.23. The Hall–Kier alpha value is -2.87. The number of nitrogens with zero attached hydrogens (tertiary/aromatic N) is 2. The lowest BCUT2D eigenvalue weighted by atomic mass is 10.1. The van der Waals surface area contributed by atoms with Crippen LogP contribution in [0.4, 0.5) is 10.1 Å². The molecular formula is C28H29ClFN3O2S. The third-order valence-corrected chi connectivity index (χ3v) is 7.80. The van der Waals surface area contributed by atoms with E-state index >= 15 is 0 Å². The minimum absolute atomic E-state index is 0.0544. The third kappa shape index (κ3) is 5.75. The van der Waals surface area contributed by atoms with Gasteiger partial charge in [0.15, 0.2) is 0 Å². The number of nitrogens with one attached hydrogen (secondary N) is 1. The van der Waals surface area contributed by atoms with Gasteiger partial charge in [0.25, 0.3) is 11.8 Å². The molecule has 0 radical (unpaired) electrons. The van der Waals surface area contributed by atoms with Crippen LogP contribution in [-0.2, 0) is 6.54 Å². The lowest BCUT2D eigenvalue weighted by molar-refractivity contribution is 0.0948. The number of carbonyl (C=O) groups is 2. The second kappa shape index (κ2) is 11.9. The van der Waals surface area contributed by atoms with Crippen molar-refractivity contribution < 1.29 is 14.0 Å². The van der Waals surface area contributed by atoms with Crippen LogP contribution in [0.3, 0.4) is 0 Å². The number of rotatable bonds is 9. The first kappa shape index (κ1) is 26.2. The van der Waals surface area contributed by atoms with Crippen LogP contribution in [0.2, 0.25) is 5.02 Å². The second-order valence-electron chi connectivity index (χ2n) is 8.51. The van der Waals surface area contributed by atoms with E-state index in [-0.39, 0.29) is 28.9 Å². The van der Waals surface area contributed by atoms with E-state index in [1.165, 1.54) is 28.8 Å². The molecule has 1 heterocycles. The van der Waals surface area contributed by atoms with Gasteiger partial charge in [0.2, 0.25) is 0 Å². The smallest absolute Gasteiger partial charge is 0.259 e. The Bertz CT molecular complexity index is 1250. The minimum atomic E-state index is -0.482. The van der Waals surface area contributed by atoms with E-state index < -0.39 is 5.82 Å². The van der Waals surface area contributed by atoms with Crippen molar-refractivity contribution in [2.24, 2.45) is 0 Å². The first-order valence-corrected chi connectivity index (χ1v) is 13.3. The molecule has 5 nitrogen and oxygen atoms in total. The summed E-state index contributed by atoms with van der Waals surface area (Å²) in [4.78, 5) is 32.1.